The van der Waals surface area contributed by atoms with Crippen molar-refractivity contribution >= 4 is 49.9 Å². The molecule has 0 aliphatic heterocycles. The number of amides is 1. The zero-order valence-corrected chi connectivity index (χ0v) is 23.9. The van der Waals surface area contributed by atoms with E-state index in [2.05, 4.69) is 31.2 Å². The summed E-state index contributed by atoms with van der Waals surface area (Å²) in [6.07, 6.45) is 0.422. The summed E-state index contributed by atoms with van der Waals surface area (Å²) in [7, 11) is -0.103. The molecule has 1 N–H and O–H groups in total. The SMILES string of the molecule is COC(=O)Oc1ccc(/C=N\NC(=O)CN(c2ccc(C)cc2)S(=O)(=O)c2ccc(OC)c(Br)c2)cc1OC. The Morgan fingerprint density at radius 1 is 0.949 bits per heavy atom. The molecule has 0 atom stereocenters. The highest BCUT2D eigenvalue weighted by atomic mass is 79.9. The van der Waals surface area contributed by atoms with Crippen LogP contribution in [-0.4, -0.2) is 54.6 Å². The van der Waals surface area contributed by atoms with Crippen LogP contribution in [0.2, 0.25) is 0 Å². The summed E-state index contributed by atoms with van der Waals surface area (Å²) in [5, 5.41) is 3.92. The summed E-state index contributed by atoms with van der Waals surface area (Å²) in [6, 6.07) is 15.6. The van der Waals surface area contributed by atoms with Crippen LogP contribution >= 0.6 is 15.9 Å². The molecule has 13 heteroatoms. The van der Waals surface area contributed by atoms with E-state index in [0.29, 0.717) is 21.5 Å². The molecule has 0 saturated heterocycles. The van der Waals surface area contributed by atoms with E-state index in [-0.39, 0.29) is 16.4 Å². The van der Waals surface area contributed by atoms with Gasteiger partial charge in [0.25, 0.3) is 15.9 Å². The molecule has 0 heterocycles. The molecule has 1 amide bonds. The second kappa shape index (κ2) is 13.1. The zero-order chi connectivity index (χ0) is 28.6. The Morgan fingerprint density at radius 3 is 2.23 bits per heavy atom. The average Bonchev–Trinajstić information content (AvgIpc) is 2.92. The zero-order valence-electron chi connectivity index (χ0n) is 21.5. The standard InChI is InChI=1S/C26H26BrN3O8S/c1-17-5-8-19(9-6-17)30(39(33,34)20-10-12-22(35-2)21(27)14-20)16-25(31)29-28-15-18-7-11-23(24(13-18)36-3)38-26(32)37-4/h5-15H,16H2,1-4H3,(H,29,31)/b28-15-. The fraction of sp³-hybridized carbons (Fsp3) is 0.192. The second-order valence-electron chi connectivity index (χ2n) is 7.90. The van der Waals surface area contributed by atoms with E-state index >= 15 is 0 Å². The van der Waals surface area contributed by atoms with Crippen LogP contribution < -0.4 is 23.9 Å². The number of ether oxygens (including phenoxy) is 4. The maximum atomic E-state index is 13.6. The van der Waals surface area contributed by atoms with Gasteiger partial charge in [0.2, 0.25) is 0 Å². The van der Waals surface area contributed by atoms with Crippen LogP contribution in [0.3, 0.4) is 0 Å². The van der Waals surface area contributed by atoms with Crippen LogP contribution in [0.4, 0.5) is 10.5 Å². The van der Waals surface area contributed by atoms with Crippen molar-refractivity contribution in [3.63, 3.8) is 0 Å². The summed E-state index contributed by atoms with van der Waals surface area (Å²) in [6.45, 7) is 1.33. The molecule has 3 aromatic rings. The number of hydrogen-bond donors (Lipinski definition) is 1. The number of carbonyl (C=O) groups is 2. The van der Waals surface area contributed by atoms with Gasteiger partial charge in [-0.2, -0.15) is 5.10 Å². The number of sulfonamides is 1. The molecule has 0 aromatic heterocycles. The summed E-state index contributed by atoms with van der Waals surface area (Å²) >= 11 is 3.31. The van der Waals surface area contributed by atoms with Crippen molar-refractivity contribution in [1.82, 2.24) is 5.43 Å². The van der Waals surface area contributed by atoms with Gasteiger partial charge in [0.05, 0.1) is 42.6 Å². The van der Waals surface area contributed by atoms with Gasteiger partial charge in [-0.15, -0.1) is 0 Å². The van der Waals surface area contributed by atoms with Crippen molar-refractivity contribution < 1.29 is 37.0 Å². The Labute approximate surface area is 234 Å². The molecule has 206 valence electrons. The number of carbonyl (C=O) groups excluding carboxylic acids is 2. The molecule has 0 aliphatic carbocycles. The topological polar surface area (TPSA) is 133 Å². The number of nitrogens with zero attached hydrogens (tertiary/aromatic N) is 2. The molecule has 3 aromatic carbocycles. The molecule has 0 bridgehead atoms. The Morgan fingerprint density at radius 2 is 1.62 bits per heavy atom. The van der Waals surface area contributed by atoms with Crippen molar-refractivity contribution in [3.05, 3.63) is 76.3 Å². The van der Waals surface area contributed by atoms with Crippen LogP contribution in [0.1, 0.15) is 11.1 Å². The fourth-order valence-corrected chi connectivity index (χ4v) is 5.43. The minimum Gasteiger partial charge on any atom is -0.496 e. The first-order chi connectivity index (χ1) is 18.6. The molecule has 3 rings (SSSR count). The maximum absolute atomic E-state index is 13.6. The summed E-state index contributed by atoms with van der Waals surface area (Å²) in [4.78, 5) is 24.1. The molecular weight excluding hydrogens is 594 g/mol. The summed E-state index contributed by atoms with van der Waals surface area (Å²) in [5.41, 5.74) is 4.08. The number of rotatable bonds is 10. The molecule has 0 spiro atoms. The van der Waals surface area contributed by atoms with E-state index < -0.39 is 28.6 Å². The van der Waals surface area contributed by atoms with Gasteiger partial charge in [-0.05, 0) is 76.9 Å². The third kappa shape index (κ3) is 7.48. The predicted octanol–water partition coefficient (Wildman–Crippen LogP) is 4.27. The first-order valence-corrected chi connectivity index (χ1v) is 13.5. The van der Waals surface area contributed by atoms with E-state index in [1.807, 2.05) is 6.92 Å². The van der Waals surface area contributed by atoms with Gasteiger partial charge < -0.3 is 18.9 Å². The molecule has 11 nitrogen and oxygen atoms in total. The third-order valence-electron chi connectivity index (χ3n) is 5.27. The number of anilines is 1. The number of benzene rings is 3. The Balaban J connectivity index is 1.81. The van der Waals surface area contributed by atoms with Crippen LogP contribution in [-0.2, 0) is 19.6 Å². The largest absolute Gasteiger partial charge is 0.513 e. The highest BCUT2D eigenvalue weighted by molar-refractivity contribution is 9.10. The van der Waals surface area contributed by atoms with Crippen molar-refractivity contribution in [2.75, 3.05) is 32.2 Å². The van der Waals surface area contributed by atoms with Gasteiger partial charge in [-0.1, -0.05) is 17.7 Å². The first kappa shape index (κ1) is 29.5. The smallest absolute Gasteiger partial charge is 0.496 e. The summed E-state index contributed by atoms with van der Waals surface area (Å²) in [5.74, 6) is 0.151. The van der Waals surface area contributed by atoms with Gasteiger partial charge in [0, 0.05) is 0 Å². The van der Waals surface area contributed by atoms with Crippen molar-refractivity contribution in [1.29, 1.82) is 0 Å². The second-order valence-corrected chi connectivity index (χ2v) is 10.6. The average molecular weight is 620 g/mol. The van der Waals surface area contributed by atoms with Gasteiger partial charge in [-0.25, -0.2) is 18.6 Å². The molecule has 0 unspecified atom stereocenters. The number of halogens is 1. The Bertz CT molecular complexity index is 1480. The predicted molar refractivity (Wildman–Crippen MR) is 148 cm³/mol. The lowest BCUT2D eigenvalue weighted by molar-refractivity contribution is -0.119. The number of methoxy groups -OCH3 is 3. The number of nitrogens with one attached hydrogen (secondary N) is 1. The molecule has 0 fully saturated rings. The number of hydrazone groups is 1. The molecule has 0 aliphatic rings. The third-order valence-corrected chi connectivity index (χ3v) is 7.66. The highest BCUT2D eigenvalue weighted by Gasteiger charge is 2.28. The lowest BCUT2D eigenvalue weighted by Gasteiger charge is -2.24. The minimum atomic E-state index is -4.15. The van der Waals surface area contributed by atoms with E-state index in [9.17, 15) is 18.0 Å². The lowest BCUT2D eigenvalue weighted by atomic mass is 10.2. The van der Waals surface area contributed by atoms with Crippen LogP contribution in [0, 0.1) is 6.92 Å². The van der Waals surface area contributed by atoms with Crippen molar-refractivity contribution in [3.8, 4) is 17.2 Å². The molecule has 0 radical (unpaired) electrons. The van der Waals surface area contributed by atoms with E-state index in [1.165, 1.54) is 57.9 Å². The normalized spacial score (nSPS) is 11.1. The van der Waals surface area contributed by atoms with Crippen LogP contribution in [0.5, 0.6) is 17.2 Å². The minimum absolute atomic E-state index is 0.0339. The first-order valence-electron chi connectivity index (χ1n) is 11.3. The maximum Gasteiger partial charge on any atom is 0.513 e. The van der Waals surface area contributed by atoms with Gasteiger partial charge in [-0.3, -0.25) is 9.10 Å². The lowest BCUT2D eigenvalue weighted by Crippen LogP contribution is -2.39. The Hall–Kier alpha value is -4.10. The van der Waals surface area contributed by atoms with E-state index in [0.717, 1.165) is 9.87 Å². The Kier molecular flexibility index (Phi) is 9.90. The van der Waals surface area contributed by atoms with Crippen LogP contribution in [0.15, 0.2) is 75.1 Å². The van der Waals surface area contributed by atoms with Crippen molar-refractivity contribution in [2.24, 2.45) is 5.10 Å². The monoisotopic (exact) mass is 619 g/mol. The number of hydrogen-bond acceptors (Lipinski definition) is 9. The molecule has 0 saturated carbocycles. The van der Waals surface area contributed by atoms with Gasteiger partial charge >= 0.3 is 6.16 Å². The van der Waals surface area contributed by atoms with Gasteiger partial charge in [0.15, 0.2) is 11.5 Å². The fourth-order valence-electron chi connectivity index (χ4n) is 3.29. The van der Waals surface area contributed by atoms with Crippen molar-refractivity contribution in [2.45, 2.75) is 11.8 Å². The molecule has 39 heavy (non-hydrogen) atoms. The number of aryl methyl sites for hydroxylation is 1. The molecular formula is C26H26BrN3O8S. The van der Waals surface area contributed by atoms with Gasteiger partial charge in [0.1, 0.15) is 12.3 Å². The van der Waals surface area contributed by atoms with E-state index in [1.54, 1.807) is 30.3 Å². The summed E-state index contributed by atoms with van der Waals surface area (Å²) < 4.78 is 48.5. The van der Waals surface area contributed by atoms with Crippen LogP contribution in [0.25, 0.3) is 0 Å². The highest BCUT2D eigenvalue weighted by Crippen LogP contribution is 2.31. The van der Waals surface area contributed by atoms with E-state index in [4.69, 9.17) is 14.2 Å². The quantitative estimate of drug-likeness (QED) is 0.154.